The standard InChI is InChI=1S/C13H19F/c1-5-12(9(2)3)11-7-6-10(4)13(14)8-11/h6-9,12H,5H2,1-4H3/t12-/m1/s1. The maximum atomic E-state index is 13.3. The van der Waals surface area contributed by atoms with Crippen molar-refractivity contribution in [1.29, 1.82) is 0 Å². The summed E-state index contributed by atoms with van der Waals surface area (Å²) < 4.78 is 13.3. The van der Waals surface area contributed by atoms with Gasteiger partial charge in [-0.05, 0) is 42.4 Å². The normalized spacial score (nSPS) is 13.3. The van der Waals surface area contributed by atoms with E-state index < -0.39 is 0 Å². The van der Waals surface area contributed by atoms with Crippen LogP contribution in [-0.2, 0) is 0 Å². The van der Waals surface area contributed by atoms with Gasteiger partial charge >= 0.3 is 0 Å². The Morgan fingerprint density at radius 3 is 2.36 bits per heavy atom. The van der Waals surface area contributed by atoms with Gasteiger partial charge in [-0.25, -0.2) is 4.39 Å². The molecule has 1 aromatic carbocycles. The number of benzene rings is 1. The Hall–Kier alpha value is -0.850. The van der Waals surface area contributed by atoms with Gasteiger partial charge in [-0.15, -0.1) is 0 Å². The predicted molar refractivity (Wildman–Crippen MR) is 59.0 cm³/mol. The fourth-order valence-corrected chi connectivity index (χ4v) is 1.93. The zero-order chi connectivity index (χ0) is 10.7. The predicted octanol–water partition coefficient (Wildman–Crippen LogP) is 4.28. The number of hydrogen-bond donors (Lipinski definition) is 0. The minimum absolute atomic E-state index is 0.0819. The van der Waals surface area contributed by atoms with Crippen LogP contribution in [-0.4, -0.2) is 0 Å². The average molecular weight is 194 g/mol. The molecule has 0 N–H and O–H groups in total. The number of halogens is 1. The first kappa shape index (κ1) is 11.2. The second-order valence-electron chi connectivity index (χ2n) is 4.27. The third kappa shape index (κ3) is 2.34. The fourth-order valence-electron chi connectivity index (χ4n) is 1.93. The van der Waals surface area contributed by atoms with Gasteiger partial charge in [0.05, 0.1) is 0 Å². The molecule has 0 aromatic heterocycles. The van der Waals surface area contributed by atoms with Gasteiger partial charge in [0.25, 0.3) is 0 Å². The molecule has 14 heavy (non-hydrogen) atoms. The van der Waals surface area contributed by atoms with Crippen LogP contribution in [0.4, 0.5) is 4.39 Å². The minimum atomic E-state index is -0.0819. The molecule has 0 unspecified atom stereocenters. The van der Waals surface area contributed by atoms with Crippen molar-refractivity contribution in [1.82, 2.24) is 0 Å². The first-order chi connectivity index (χ1) is 6.56. The lowest BCUT2D eigenvalue weighted by Crippen LogP contribution is -2.06. The quantitative estimate of drug-likeness (QED) is 0.673. The SMILES string of the molecule is CC[C@@H](c1ccc(C)c(F)c1)C(C)C. The van der Waals surface area contributed by atoms with Crippen molar-refractivity contribution in [3.05, 3.63) is 35.1 Å². The van der Waals surface area contributed by atoms with Crippen LogP contribution in [0, 0.1) is 18.7 Å². The van der Waals surface area contributed by atoms with Crippen molar-refractivity contribution in [2.75, 3.05) is 0 Å². The first-order valence-electron chi connectivity index (χ1n) is 5.32. The topological polar surface area (TPSA) is 0 Å². The van der Waals surface area contributed by atoms with Gasteiger partial charge in [0.1, 0.15) is 5.82 Å². The molecule has 0 fully saturated rings. The van der Waals surface area contributed by atoms with E-state index in [1.165, 1.54) is 0 Å². The van der Waals surface area contributed by atoms with Crippen LogP contribution >= 0.6 is 0 Å². The summed E-state index contributed by atoms with van der Waals surface area (Å²) in [7, 11) is 0. The highest BCUT2D eigenvalue weighted by molar-refractivity contribution is 5.26. The van der Waals surface area contributed by atoms with Crippen LogP contribution in [0.2, 0.25) is 0 Å². The number of aryl methyl sites for hydroxylation is 1. The lowest BCUT2D eigenvalue weighted by Gasteiger charge is -2.19. The fraction of sp³-hybridized carbons (Fsp3) is 0.538. The molecule has 1 heteroatoms. The summed E-state index contributed by atoms with van der Waals surface area (Å²) in [6.45, 7) is 8.33. The van der Waals surface area contributed by atoms with E-state index in [1.54, 1.807) is 13.0 Å². The van der Waals surface area contributed by atoms with Gasteiger partial charge in [-0.2, -0.15) is 0 Å². The van der Waals surface area contributed by atoms with Gasteiger partial charge in [-0.3, -0.25) is 0 Å². The summed E-state index contributed by atoms with van der Waals surface area (Å²) in [6, 6.07) is 5.60. The molecular weight excluding hydrogens is 175 g/mol. The Balaban J connectivity index is 3.00. The molecule has 0 aliphatic heterocycles. The Morgan fingerprint density at radius 1 is 1.29 bits per heavy atom. The van der Waals surface area contributed by atoms with Crippen molar-refractivity contribution in [2.24, 2.45) is 5.92 Å². The van der Waals surface area contributed by atoms with Crippen LogP contribution in [0.3, 0.4) is 0 Å². The molecular formula is C13H19F. The summed E-state index contributed by atoms with van der Waals surface area (Å²) in [5, 5.41) is 0. The van der Waals surface area contributed by atoms with Gasteiger partial charge in [0.15, 0.2) is 0 Å². The molecule has 0 nitrogen and oxygen atoms in total. The number of rotatable bonds is 3. The Morgan fingerprint density at radius 2 is 1.93 bits per heavy atom. The Kier molecular flexibility index (Phi) is 3.68. The second kappa shape index (κ2) is 4.59. The summed E-state index contributed by atoms with van der Waals surface area (Å²) >= 11 is 0. The maximum Gasteiger partial charge on any atom is 0.126 e. The lowest BCUT2D eigenvalue weighted by molar-refractivity contribution is 0.482. The smallest absolute Gasteiger partial charge is 0.126 e. The molecule has 1 atom stereocenters. The van der Waals surface area contributed by atoms with Gasteiger partial charge in [-0.1, -0.05) is 32.9 Å². The molecule has 1 aromatic rings. The average Bonchev–Trinajstić information content (AvgIpc) is 2.11. The van der Waals surface area contributed by atoms with Crippen LogP contribution in [0.5, 0.6) is 0 Å². The zero-order valence-electron chi connectivity index (χ0n) is 9.47. The van der Waals surface area contributed by atoms with E-state index in [0.29, 0.717) is 11.8 Å². The van der Waals surface area contributed by atoms with E-state index in [4.69, 9.17) is 0 Å². The molecule has 0 saturated heterocycles. The highest BCUT2D eigenvalue weighted by Crippen LogP contribution is 2.28. The van der Waals surface area contributed by atoms with E-state index in [-0.39, 0.29) is 5.82 Å². The van der Waals surface area contributed by atoms with E-state index in [9.17, 15) is 4.39 Å². The molecule has 0 aliphatic rings. The van der Waals surface area contributed by atoms with Crippen molar-refractivity contribution < 1.29 is 4.39 Å². The van der Waals surface area contributed by atoms with E-state index in [1.807, 2.05) is 12.1 Å². The van der Waals surface area contributed by atoms with Crippen LogP contribution < -0.4 is 0 Å². The third-order valence-corrected chi connectivity index (χ3v) is 2.87. The van der Waals surface area contributed by atoms with Crippen molar-refractivity contribution in [3.8, 4) is 0 Å². The molecule has 0 spiro atoms. The third-order valence-electron chi connectivity index (χ3n) is 2.87. The highest BCUT2D eigenvalue weighted by Gasteiger charge is 2.14. The molecule has 1 rings (SSSR count). The monoisotopic (exact) mass is 194 g/mol. The minimum Gasteiger partial charge on any atom is -0.207 e. The Labute approximate surface area is 86.2 Å². The summed E-state index contributed by atoms with van der Waals surface area (Å²) in [5.74, 6) is 0.966. The molecule has 0 heterocycles. The van der Waals surface area contributed by atoms with Crippen molar-refractivity contribution >= 4 is 0 Å². The zero-order valence-corrected chi connectivity index (χ0v) is 9.47. The van der Waals surface area contributed by atoms with Gasteiger partial charge < -0.3 is 0 Å². The molecule has 78 valence electrons. The summed E-state index contributed by atoms with van der Waals surface area (Å²) in [6.07, 6.45) is 1.07. The van der Waals surface area contributed by atoms with E-state index >= 15 is 0 Å². The molecule has 0 saturated carbocycles. The van der Waals surface area contributed by atoms with Crippen molar-refractivity contribution in [3.63, 3.8) is 0 Å². The van der Waals surface area contributed by atoms with E-state index in [2.05, 4.69) is 20.8 Å². The first-order valence-corrected chi connectivity index (χ1v) is 5.32. The van der Waals surface area contributed by atoms with E-state index in [0.717, 1.165) is 17.5 Å². The molecule has 0 aliphatic carbocycles. The largest absolute Gasteiger partial charge is 0.207 e. The van der Waals surface area contributed by atoms with Crippen LogP contribution in [0.25, 0.3) is 0 Å². The summed E-state index contributed by atoms with van der Waals surface area (Å²) in [4.78, 5) is 0. The van der Waals surface area contributed by atoms with Gasteiger partial charge in [0.2, 0.25) is 0 Å². The van der Waals surface area contributed by atoms with Crippen LogP contribution in [0.15, 0.2) is 18.2 Å². The van der Waals surface area contributed by atoms with Crippen molar-refractivity contribution in [2.45, 2.75) is 40.0 Å². The van der Waals surface area contributed by atoms with Gasteiger partial charge in [0, 0.05) is 0 Å². The molecule has 0 amide bonds. The molecule has 0 bridgehead atoms. The maximum absolute atomic E-state index is 13.3. The highest BCUT2D eigenvalue weighted by atomic mass is 19.1. The van der Waals surface area contributed by atoms with Crippen LogP contribution in [0.1, 0.15) is 44.2 Å². The summed E-state index contributed by atoms with van der Waals surface area (Å²) in [5.41, 5.74) is 1.86. The number of hydrogen-bond acceptors (Lipinski definition) is 0. The lowest BCUT2D eigenvalue weighted by atomic mass is 9.86. The second-order valence-corrected chi connectivity index (χ2v) is 4.27. The Bertz CT molecular complexity index is 302. The molecule has 0 radical (unpaired) electrons.